The largest absolute Gasteiger partial charge is 0.354 e. The molecular weight excluding hydrogens is 248 g/mol. The van der Waals surface area contributed by atoms with E-state index >= 15 is 0 Å². The summed E-state index contributed by atoms with van der Waals surface area (Å²) < 4.78 is 2.07. The van der Waals surface area contributed by atoms with Crippen LogP contribution in [0.2, 0.25) is 0 Å². The minimum Gasteiger partial charge on any atom is -0.354 e. The average Bonchev–Trinajstić information content (AvgIpc) is 3.09. The minimum atomic E-state index is 0.166. The molecule has 0 fully saturated rings. The lowest BCUT2D eigenvalue weighted by molar-refractivity contribution is -0.121. The zero-order chi connectivity index (χ0) is 13.8. The summed E-state index contributed by atoms with van der Waals surface area (Å²) in [4.78, 5) is 12.0. The van der Waals surface area contributed by atoms with Gasteiger partial charge in [0.25, 0.3) is 0 Å². The molecule has 1 heterocycles. The van der Waals surface area contributed by atoms with E-state index in [0.29, 0.717) is 18.9 Å². The van der Waals surface area contributed by atoms with Crippen LogP contribution >= 0.6 is 0 Å². The highest BCUT2D eigenvalue weighted by molar-refractivity contribution is 5.77. The van der Waals surface area contributed by atoms with E-state index in [1.165, 1.54) is 11.1 Å². The molecule has 0 saturated heterocycles. The van der Waals surface area contributed by atoms with E-state index in [9.17, 15) is 4.79 Å². The lowest BCUT2D eigenvalue weighted by Crippen LogP contribution is -2.27. The van der Waals surface area contributed by atoms with Gasteiger partial charge in [0.1, 0.15) is 0 Å². The topological polar surface area (TPSA) is 34.0 Å². The van der Waals surface area contributed by atoms with Gasteiger partial charge in [-0.05, 0) is 42.0 Å². The zero-order valence-corrected chi connectivity index (χ0v) is 11.6. The molecule has 0 radical (unpaired) electrons. The first kappa shape index (κ1) is 13.0. The van der Waals surface area contributed by atoms with Crippen molar-refractivity contribution in [3.05, 3.63) is 59.9 Å². The molecule has 3 rings (SSSR count). The van der Waals surface area contributed by atoms with Crippen LogP contribution in [-0.4, -0.2) is 17.0 Å². The summed E-state index contributed by atoms with van der Waals surface area (Å²) in [5, 5.41) is 3.02. The normalized spacial score (nSPS) is 16.9. The quantitative estimate of drug-likeness (QED) is 0.889. The zero-order valence-electron chi connectivity index (χ0n) is 11.6. The summed E-state index contributed by atoms with van der Waals surface area (Å²) in [5.41, 5.74) is 2.78. The van der Waals surface area contributed by atoms with E-state index in [1.54, 1.807) is 0 Å². The van der Waals surface area contributed by atoms with Crippen LogP contribution in [0.3, 0.4) is 0 Å². The summed E-state index contributed by atoms with van der Waals surface area (Å²) >= 11 is 0. The van der Waals surface area contributed by atoms with Crippen molar-refractivity contribution in [3.8, 4) is 0 Å². The summed E-state index contributed by atoms with van der Waals surface area (Å²) in [6.45, 7) is 1.53. The first-order valence-electron chi connectivity index (χ1n) is 7.28. The fourth-order valence-electron chi connectivity index (χ4n) is 3.00. The Morgan fingerprint density at radius 2 is 2.00 bits per heavy atom. The summed E-state index contributed by atoms with van der Waals surface area (Å²) in [7, 11) is 0. The van der Waals surface area contributed by atoms with E-state index in [2.05, 4.69) is 34.1 Å². The van der Waals surface area contributed by atoms with E-state index in [0.717, 1.165) is 19.4 Å². The molecule has 3 heteroatoms. The molecule has 1 amide bonds. The number of hydrogen-bond donors (Lipinski definition) is 1. The van der Waals surface area contributed by atoms with Crippen molar-refractivity contribution >= 4 is 5.91 Å². The number of nitrogens with zero attached hydrogens (tertiary/aromatic N) is 1. The van der Waals surface area contributed by atoms with Gasteiger partial charge in [0.15, 0.2) is 0 Å². The molecule has 0 spiro atoms. The van der Waals surface area contributed by atoms with Gasteiger partial charge in [0, 0.05) is 31.9 Å². The van der Waals surface area contributed by atoms with Crippen LogP contribution in [0.25, 0.3) is 0 Å². The summed E-state index contributed by atoms with van der Waals surface area (Å²) in [6.07, 6.45) is 6.85. The number of aromatic nitrogens is 1. The molecule has 3 nitrogen and oxygen atoms in total. The Morgan fingerprint density at radius 1 is 1.20 bits per heavy atom. The molecular formula is C17H20N2O. The number of fused-ring (bicyclic) bond motifs is 1. The highest BCUT2D eigenvalue weighted by Crippen LogP contribution is 2.34. The number of carbonyl (C=O) groups excluding carboxylic acids is 1. The van der Waals surface area contributed by atoms with Gasteiger partial charge >= 0.3 is 0 Å². The molecule has 20 heavy (non-hydrogen) atoms. The van der Waals surface area contributed by atoms with Gasteiger partial charge in [-0.25, -0.2) is 0 Å². The molecule has 1 aromatic carbocycles. The first-order chi connectivity index (χ1) is 9.83. The highest BCUT2D eigenvalue weighted by atomic mass is 16.1. The number of amides is 1. The summed E-state index contributed by atoms with van der Waals surface area (Å²) in [6, 6.07) is 12.5. The Hall–Kier alpha value is -2.03. The number of carbonyl (C=O) groups is 1. The monoisotopic (exact) mass is 268 g/mol. The molecule has 1 atom stereocenters. The number of benzene rings is 1. The van der Waals surface area contributed by atoms with Gasteiger partial charge in [-0.2, -0.15) is 0 Å². The van der Waals surface area contributed by atoms with Crippen molar-refractivity contribution in [2.24, 2.45) is 0 Å². The van der Waals surface area contributed by atoms with Crippen LogP contribution in [0.15, 0.2) is 48.8 Å². The van der Waals surface area contributed by atoms with Gasteiger partial charge in [-0.1, -0.05) is 24.3 Å². The van der Waals surface area contributed by atoms with Crippen LogP contribution < -0.4 is 5.32 Å². The second-order valence-corrected chi connectivity index (χ2v) is 5.41. The highest BCUT2D eigenvalue weighted by Gasteiger charge is 2.23. The molecule has 1 aliphatic carbocycles. The maximum absolute atomic E-state index is 12.0. The molecule has 104 valence electrons. The fourth-order valence-corrected chi connectivity index (χ4v) is 3.00. The van der Waals surface area contributed by atoms with E-state index in [1.807, 2.05) is 24.5 Å². The molecule has 1 N–H and O–H groups in total. The van der Waals surface area contributed by atoms with E-state index < -0.39 is 0 Å². The third-order valence-electron chi connectivity index (χ3n) is 4.05. The van der Waals surface area contributed by atoms with Gasteiger partial charge in [0.2, 0.25) is 5.91 Å². The van der Waals surface area contributed by atoms with Crippen LogP contribution in [-0.2, 0) is 17.8 Å². The van der Waals surface area contributed by atoms with Crippen molar-refractivity contribution in [2.45, 2.75) is 31.7 Å². The maximum atomic E-state index is 12.0. The van der Waals surface area contributed by atoms with Crippen molar-refractivity contribution in [1.29, 1.82) is 0 Å². The van der Waals surface area contributed by atoms with Gasteiger partial charge in [-0.15, -0.1) is 0 Å². The van der Waals surface area contributed by atoms with Crippen LogP contribution in [0, 0.1) is 0 Å². The third-order valence-corrected chi connectivity index (χ3v) is 4.05. The Labute approximate surface area is 119 Å². The van der Waals surface area contributed by atoms with E-state index in [-0.39, 0.29) is 5.91 Å². The number of hydrogen-bond acceptors (Lipinski definition) is 1. The summed E-state index contributed by atoms with van der Waals surface area (Å²) in [5.74, 6) is 0.566. The standard InChI is InChI=1S/C17H20N2O/c20-17(18-9-12-19-10-3-4-11-19)13-15-8-7-14-5-1-2-6-16(14)15/h1-6,10-11,15H,7-9,12-13H2,(H,18,20)/t15-/m1/s1. The lowest BCUT2D eigenvalue weighted by Gasteiger charge is -2.12. The average molecular weight is 268 g/mol. The Kier molecular flexibility index (Phi) is 3.86. The molecule has 0 bridgehead atoms. The number of aryl methyl sites for hydroxylation is 1. The van der Waals surface area contributed by atoms with Gasteiger partial charge in [-0.3, -0.25) is 4.79 Å². The van der Waals surface area contributed by atoms with Gasteiger partial charge in [0.05, 0.1) is 0 Å². The number of nitrogens with one attached hydrogen (secondary N) is 1. The first-order valence-corrected chi connectivity index (χ1v) is 7.28. The smallest absolute Gasteiger partial charge is 0.220 e. The van der Waals surface area contributed by atoms with Crippen LogP contribution in [0.1, 0.15) is 29.9 Å². The van der Waals surface area contributed by atoms with Crippen molar-refractivity contribution in [3.63, 3.8) is 0 Å². The second-order valence-electron chi connectivity index (χ2n) is 5.41. The van der Waals surface area contributed by atoms with E-state index in [4.69, 9.17) is 0 Å². The SMILES string of the molecule is O=C(C[C@H]1CCc2ccccc21)NCCn1cccc1. The Balaban J connectivity index is 1.48. The predicted octanol–water partition coefficient (Wildman–Crippen LogP) is 2.72. The Bertz CT molecular complexity index is 574. The van der Waals surface area contributed by atoms with Crippen molar-refractivity contribution in [1.82, 2.24) is 9.88 Å². The second kappa shape index (κ2) is 5.95. The van der Waals surface area contributed by atoms with Crippen molar-refractivity contribution in [2.75, 3.05) is 6.54 Å². The molecule has 0 unspecified atom stereocenters. The number of rotatable bonds is 5. The van der Waals surface area contributed by atoms with Gasteiger partial charge < -0.3 is 9.88 Å². The third kappa shape index (κ3) is 2.93. The van der Waals surface area contributed by atoms with Crippen LogP contribution in [0.5, 0.6) is 0 Å². The molecule has 2 aromatic rings. The molecule has 1 aliphatic rings. The van der Waals surface area contributed by atoms with Crippen LogP contribution in [0.4, 0.5) is 0 Å². The fraction of sp³-hybridized carbons (Fsp3) is 0.353. The predicted molar refractivity (Wildman–Crippen MR) is 79.6 cm³/mol. The van der Waals surface area contributed by atoms with Crippen molar-refractivity contribution < 1.29 is 4.79 Å². The maximum Gasteiger partial charge on any atom is 0.220 e. The minimum absolute atomic E-state index is 0.166. The molecule has 1 aromatic heterocycles. The molecule has 0 aliphatic heterocycles. The lowest BCUT2D eigenvalue weighted by atomic mass is 9.97. The Morgan fingerprint density at radius 3 is 2.85 bits per heavy atom. The molecule has 0 saturated carbocycles.